The van der Waals surface area contributed by atoms with E-state index in [4.69, 9.17) is 23.2 Å². The Labute approximate surface area is 163 Å². The molecule has 0 aliphatic carbocycles. The first kappa shape index (κ1) is 20.4. The molecule has 1 aliphatic heterocycles. The lowest BCUT2D eigenvalue weighted by Gasteiger charge is -2.34. The standard InChI is InChI=1S/C17H23Cl2N3O2S/c1-2-6-20-15(23)11-21-7-9-22(10-8-21)16(24)12-25-17-13(18)4-3-5-14(17)19/h3-5H,2,6-12H2,1H3,(H,20,23). The van der Waals surface area contributed by atoms with Gasteiger partial charge >= 0.3 is 0 Å². The van der Waals surface area contributed by atoms with Gasteiger partial charge in [-0.05, 0) is 18.6 Å². The van der Waals surface area contributed by atoms with Gasteiger partial charge in [0.25, 0.3) is 0 Å². The van der Waals surface area contributed by atoms with Crippen molar-refractivity contribution in [1.29, 1.82) is 0 Å². The normalized spacial score (nSPS) is 15.2. The molecule has 0 atom stereocenters. The van der Waals surface area contributed by atoms with Crippen molar-refractivity contribution in [2.45, 2.75) is 18.2 Å². The summed E-state index contributed by atoms with van der Waals surface area (Å²) in [5, 5.41) is 4.00. The number of carbonyl (C=O) groups excluding carboxylic acids is 2. The van der Waals surface area contributed by atoms with E-state index in [0.717, 1.165) is 11.3 Å². The summed E-state index contributed by atoms with van der Waals surface area (Å²) >= 11 is 13.6. The maximum absolute atomic E-state index is 12.4. The molecular formula is C17H23Cl2N3O2S. The van der Waals surface area contributed by atoms with Crippen LogP contribution in [-0.4, -0.2) is 66.6 Å². The molecule has 0 spiro atoms. The second kappa shape index (κ2) is 10.3. The fraction of sp³-hybridized carbons (Fsp3) is 0.529. The minimum absolute atomic E-state index is 0.0468. The van der Waals surface area contributed by atoms with Crippen molar-refractivity contribution in [1.82, 2.24) is 15.1 Å². The van der Waals surface area contributed by atoms with Crippen molar-refractivity contribution in [2.24, 2.45) is 0 Å². The van der Waals surface area contributed by atoms with Crippen molar-refractivity contribution in [3.63, 3.8) is 0 Å². The third kappa shape index (κ3) is 6.37. The van der Waals surface area contributed by atoms with Crippen molar-refractivity contribution < 1.29 is 9.59 Å². The second-order valence-corrected chi connectivity index (χ2v) is 7.65. The van der Waals surface area contributed by atoms with E-state index in [2.05, 4.69) is 10.2 Å². The summed E-state index contributed by atoms with van der Waals surface area (Å²) in [7, 11) is 0. The van der Waals surface area contributed by atoms with E-state index in [0.29, 0.717) is 55.1 Å². The van der Waals surface area contributed by atoms with E-state index >= 15 is 0 Å². The molecular weight excluding hydrogens is 381 g/mol. The van der Waals surface area contributed by atoms with Crippen molar-refractivity contribution in [2.75, 3.05) is 45.0 Å². The van der Waals surface area contributed by atoms with Crippen LogP contribution < -0.4 is 5.32 Å². The molecule has 1 fully saturated rings. The number of hydrogen-bond acceptors (Lipinski definition) is 4. The molecule has 2 amide bonds. The number of rotatable bonds is 7. The summed E-state index contributed by atoms with van der Waals surface area (Å²) in [5.41, 5.74) is 0. The van der Waals surface area contributed by atoms with Gasteiger partial charge in [-0.3, -0.25) is 14.5 Å². The number of nitrogens with zero attached hydrogens (tertiary/aromatic N) is 2. The zero-order valence-electron chi connectivity index (χ0n) is 14.3. The third-order valence-corrected chi connectivity index (χ3v) is 5.90. The van der Waals surface area contributed by atoms with E-state index in [-0.39, 0.29) is 11.8 Å². The minimum Gasteiger partial charge on any atom is -0.355 e. The molecule has 0 radical (unpaired) electrons. The van der Waals surface area contributed by atoms with Gasteiger partial charge in [0.2, 0.25) is 11.8 Å². The van der Waals surface area contributed by atoms with Gasteiger partial charge in [0.15, 0.2) is 0 Å². The molecule has 1 saturated heterocycles. The molecule has 0 aromatic heterocycles. The number of amides is 2. The maximum Gasteiger partial charge on any atom is 0.234 e. The number of thioether (sulfide) groups is 1. The predicted molar refractivity (Wildman–Crippen MR) is 104 cm³/mol. The molecule has 138 valence electrons. The minimum atomic E-state index is 0.0468. The summed E-state index contributed by atoms with van der Waals surface area (Å²) in [5.74, 6) is 0.419. The van der Waals surface area contributed by atoms with Crippen molar-refractivity contribution in [3.05, 3.63) is 28.2 Å². The highest BCUT2D eigenvalue weighted by Gasteiger charge is 2.22. The van der Waals surface area contributed by atoms with Gasteiger partial charge in [-0.1, -0.05) is 36.2 Å². The third-order valence-electron chi connectivity index (χ3n) is 3.92. The largest absolute Gasteiger partial charge is 0.355 e. The van der Waals surface area contributed by atoms with Crippen LogP contribution in [-0.2, 0) is 9.59 Å². The van der Waals surface area contributed by atoms with Crippen LogP contribution in [0.2, 0.25) is 10.0 Å². The molecule has 0 unspecified atom stereocenters. The van der Waals surface area contributed by atoms with Crippen LogP contribution in [0.25, 0.3) is 0 Å². The van der Waals surface area contributed by atoms with Gasteiger partial charge in [0.05, 0.1) is 22.3 Å². The molecule has 1 heterocycles. The lowest BCUT2D eigenvalue weighted by molar-refractivity contribution is -0.130. The lowest BCUT2D eigenvalue weighted by Crippen LogP contribution is -2.51. The van der Waals surface area contributed by atoms with E-state index in [1.165, 1.54) is 11.8 Å². The van der Waals surface area contributed by atoms with Gasteiger partial charge in [0, 0.05) is 37.6 Å². The monoisotopic (exact) mass is 403 g/mol. The fourth-order valence-corrected chi connectivity index (χ4v) is 4.11. The average molecular weight is 404 g/mol. The van der Waals surface area contributed by atoms with Gasteiger partial charge < -0.3 is 10.2 Å². The van der Waals surface area contributed by atoms with Crippen LogP contribution >= 0.6 is 35.0 Å². The topological polar surface area (TPSA) is 52.7 Å². The number of hydrogen-bond donors (Lipinski definition) is 1. The number of nitrogens with one attached hydrogen (secondary N) is 1. The van der Waals surface area contributed by atoms with Crippen molar-refractivity contribution >= 4 is 46.8 Å². The number of carbonyl (C=O) groups is 2. The molecule has 0 bridgehead atoms. The molecule has 1 N–H and O–H groups in total. The first-order valence-corrected chi connectivity index (χ1v) is 10.1. The zero-order chi connectivity index (χ0) is 18.2. The fourth-order valence-electron chi connectivity index (χ4n) is 2.52. The Morgan fingerprint density at radius 1 is 1.16 bits per heavy atom. The van der Waals surface area contributed by atoms with E-state index in [9.17, 15) is 9.59 Å². The number of piperazine rings is 1. The quantitative estimate of drug-likeness (QED) is 0.711. The van der Waals surface area contributed by atoms with Gasteiger partial charge in [-0.2, -0.15) is 0 Å². The second-order valence-electron chi connectivity index (χ2n) is 5.85. The number of halogens is 2. The van der Waals surface area contributed by atoms with Crippen LogP contribution in [0.5, 0.6) is 0 Å². The van der Waals surface area contributed by atoms with Gasteiger partial charge in [0.1, 0.15) is 0 Å². The molecule has 5 nitrogen and oxygen atoms in total. The van der Waals surface area contributed by atoms with Crippen molar-refractivity contribution in [3.8, 4) is 0 Å². The summed E-state index contributed by atoms with van der Waals surface area (Å²) in [6.45, 7) is 5.82. The summed E-state index contributed by atoms with van der Waals surface area (Å²) < 4.78 is 0. The summed E-state index contributed by atoms with van der Waals surface area (Å²) in [6, 6.07) is 5.32. The molecule has 2 rings (SSSR count). The Kier molecular flexibility index (Phi) is 8.36. The molecule has 8 heteroatoms. The molecule has 0 saturated carbocycles. The lowest BCUT2D eigenvalue weighted by atomic mass is 10.3. The Morgan fingerprint density at radius 3 is 2.40 bits per heavy atom. The van der Waals surface area contributed by atoms with Crippen LogP contribution in [0.15, 0.2) is 23.1 Å². The highest BCUT2D eigenvalue weighted by molar-refractivity contribution is 8.00. The first-order chi connectivity index (χ1) is 12.0. The van der Waals surface area contributed by atoms with Gasteiger partial charge in [-0.15, -0.1) is 11.8 Å². The van der Waals surface area contributed by atoms with Crippen LogP contribution in [0.1, 0.15) is 13.3 Å². The first-order valence-electron chi connectivity index (χ1n) is 8.35. The van der Waals surface area contributed by atoms with Crippen LogP contribution in [0, 0.1) is 0 Å². The van der Waals surface area contributed by atoms with E-state index < -0.39 is 0 Å². The highest BCUT2D eigenvalue weighted by Crippen LogP contribution is 2.33. The average Bonchev–Trinajstić information content (AvgIpc) is 2.60. The van der Waals surface area contributed by atoms with Crippen LogP contribution in [0.3, 0.4) is 0 Å². The Hall–Kier alpha value is -0.950. The molecule has 25 heavy (non-hydrogen) atoms. The molecule has 1 aromatic carbocycles. The molecule has 1 aliphatic rings. The smallest absolute Gasteiger partial charge is 0.234 e. The van der Waals surface area contributed by atoms with Gasteiger partial charge in [-0.25, -0.2) is 0 Å². The number of benzene rings is 1. The maximum atomic E-state index is 12.4. The zero-order valence-corrected chi connectivity index (χ0v) is 16.6. The van der Waals surface area contributed by atoms with Crippen LogP contribution in [0.4, 0.5) is 0 Å². The van der Waals surface area contributed by atoms with E-state index in [1.807, 2.05) is 11.8 Å². The predicted octanol–water partition coefficient (Wildman–Crippen LogP) is 2.76. The summed E-state index contributed by atoms with van der Waals surface area (Å²) in [4.78, 5) is 28.8. The van der Waals surface area contributed by atoms with E-state index in [1.54, 1.807) is 18.2 Å². The Balaban J connectivity index is 1.75. The molecule has 1 aromatic rings. The Morgan fingerprint density at radius 2 is 1.80 bits per heavy atom. The Bertz CT molecular complexity index is 587. The highest BCUT2D eigenvalue weighted by atomic mass is 35.5. The SMILES string of the molecule is CCCNC(=O)CN1CCN(C(=O)CSc2c(Cl)cccc2Cl)CC1. The summed E-state index contributed by atoms with van der Waals surface area (Å²) in [6.07, 6.45) is 0.932.